The number of fused-ring (bicyclic) bond motifs is 1. The zero-order chi connectivity index (χ0) is 26.7. The van der Waals surface area contributed by atoms with E-state index in [-0.39, 0.29) is 0 Å². The Balaban J connectivity index is 1.68. The van der Waals surface area contributed by atoms with Crippen LogP contribution in [0.1, 0.15) is 37.7 Å². The number of hydrogen-bond acceptors (Lipinski definition) is 6. The Labute approximate surface area is 223 Å². The van der Waals surface area contributed by atoms with Crippen LogP contribution in [0.2, 0.25) is 0 Å². The first-order valence-corrected chi connectivity index (χ1v) is 12.8. The Morgan fingerprint density at radius 2 is 1.39 bits per heavy atom. The summed E-state index contributed by atoms with van der Waals surface area (Å²) >= 11 is 0. The Bertz CT molecular complexity index is 1470. The molecule has 0 saturated heterocycles. The minimum atomic E-state index is -0.979. The molecule has 0 bridgehead atoms. The van der Waals surface area contributed by atoms with Crippen LogP contribution < -0.4 is 18.9 Å². The molecule has 6 heteroatoms. The molecular weight excluding hydrogens is 480 g/mol. The Morgan fingerprint density at radius 3 is 2.00 bits per heavy atom. The van der Waals surface area contributed by atoms with E-state index in [0.29, 0.717) is 41.4 Å². The summed E-state index contributed by atoms with van der Waals surface area (Å²) in [4.78, 5) is 0. The predicted molar refractivity (Wildman–Crippen MR) is 148 cm³/mol. The molecule has 38 heavy (non-hydrogen) atoms. The molecule has 1 fully saturated rings. The van der Waals surface area contributed by atoms with Crippen molar-refractivity contribution in [3.8, 4) is 57.3 Å². The van der Waals surface area contributed by atoms with E-state index in [1.165, 1.54) is 0 Å². The highest BCUT2D eigenvalue weighted by molar-refractivity contribution is 5.94. The average Bonchev–Trinajstić information content (AvgIpc) is 3.33. The lowest BCUT2D eigenvalue weighted by molar-refractivity contribution is 0.0610. The van der Waals surface area contributed by atoms with E-state index in [9.17, 15) is 5.11 Å². The van der Waals surface area contributed by atoms with Gasteiger partial charge < -0.3 is 28.5 Å². The molecule has 0 spiro atoms. The van der Waals surface area contributed by atoms with Crippen molar-refractivity contribution in [1.29, 1.82) is 0 Å². The summed E-state index contributed by atoms with van der Waals surface area (Å²) in [5.74, 6) is 9.64. The van der Waals surface area contributed by atoms with Crippen LogP contribution in [0.5, 0.6) is 23.0 Å². The van der Waals surface area contributed by atoms with Gasteiger partial charge in [-0.05, 0) is 85.3 Å². The molecule has 0 atom stereocenters. The molecule has 0 radical (unpaired) electrons. The van der Waals surface area contributed by atoms with Crippen LogP contribution >= 0.6 is 0 Å². The molecule has 0 unspecified atom stereocenters. The molecule has 0 amide bonds. The Hall–Kier alpha value is -4.08. The lowest BCUT2D eigenvalue weighted by atomic mass is 9.85. The quantitative estimate of drug-likeness (QED) is 0.285. The van der Waals surface area contributed by atoms with Gasteiger partial charge in [0.25, 0.3) is 0 Å². The third-order valence-electron chi connectivity index (χ3n) is 7.14. The van der Waals surface area contributed by atoms with E-state index in [1.54, 1.807) is 28.4 Å². The third-order valence-corrected chi connectivity index (χ3v) is 7.14. The zero-order valence-electron chi connectivity index (χ0n) is 22.2. The lowest BCUT2D eigenvalue weighted by Crippen LogP contribution is -2.29. The number of hydrogen-bond donors (Lipinski definition) is 1. The fourth-order valence-electron chi connectivity index (χ4n) is 5.04. The lowest BCUT2D eigenvalue weighted by Gasteiger charge is -2.26. The first kappa shape index (κ1) is 25.6. The van der Waals surface area contributed by atoms with Gasteiger partial charge in [0.2, 0.25) is 5.75 Å². The van der Waals surface area contributed by atoms with Gasteiger partial charge >= 0.3 is 0 Å². The van der Waals surface area contributed by atoms with Crippen LogP contribution in [-0.2, 0) is 0 Å². The number of benzene rings is 3. The first-order valence-electron chi connectivity index (χ1n) is 12.8. The van der Waals surface area contributed by atoms with Crippen molar-refractivity contribution >= 4 is 11.0 Å². The van der Waals surface area contributed by atoms with Gasteiger partial charge in [-0.15, -0.1) is 0 Å². The maximum atomic E-state index is 11.1. The van der Waals surface area contributed by atoms with Crippen LogP contribution in [0.3, 0.4) is 0 Å². The van der Waals surface area contributed by atoms with Crippen molar-refractivity contribution in [2.24, 2.45) is 0 Å². The average molecular weight is 513 g/mol. The van der Waals surface area contributed by atoms with E-state index in [4.69, 9.17) is 23.4 Å². The van der Waals surface area contributed by atoms with Gasteiger partial charge in [-0.25, -0.2) is 0 Å². The molecule has 1 heterocycles. The fraction of sp³-hybridized carbons (Fsp3) is 0.312. The number of methoxy groups -OCH3 is 4. The SMILES string of the molecule is COc1ccc(-c2oc3ccc(-c4cc(OC)c(OC)c(OC)c4)cc3c2C#CC2(O)CCCCC2)cc1. The van der Waals surface area contributed by atoms with E-state index in [0.717, 1.165) is 52.7 Å². The van der Waals surface area contributed by atoms with E-state index in [2.05, 4.69) is 17.9 Å². The minimum absolute atomic E-state index is 0.539. The molecule has 1 aromatic heterocycles. The summed E-state index contributed by atoms with van der Waals surface area (Å²) in [7, 11) is 6.43. The minimum Gasteiger partial charge on any atom is -0.497 e. The number of rotatable bonds is 6. The monoisotopic (exact) mass is 512 g/mol. The normalized spacial score (nSPS) is 14.4. The number of aliphatic hydroxyl groups is 1. The van der Waals surface area contributed by atoms with Crippen LogP contribution in [0.15, 0.2) is 59.0 Å². The van der Waals surface area contributed by atoms with Gasteiger partial charge in [0.05, 0.1) is 34.0 Å². The van der Waals surface area contributed by atoms with Gasteiger partial charge in [-0.2, -0.15) is 0 Å². The van der Waals surface area contributed by atoms with Gasteiger partial charge in [0.1, 0.15) is 16.9 Å². The molecule has 1 saturated carbocycles. The maximum Gasteiger partial charge on any atom is 0.203 e. The van der Waals surface area contributed by atoms with Crippen LogP contribution in [-0.4, -0.2) is 39.1 Å². The summed E-state index contributed by atoms with van der Waals surface area (Å²) in [6.07, 6.45) is 4.46. The molecule has 1 N–H and O–H groups in total. The smallest absolute Gasteiger partial charge is 0.203 e. The second kappa shape index (κ2) is 10.7. The standard InChI is InChI=1S/C32H32O6/c1-34-24-11-8-21(9-12-24)30-25(14-17-32(33)15-6-5-7-16-32)26-18-22(10-13-27(26)38-30)23-19-28(35-2)31(37-4)29(20-23)36-3/h8-13,18-20,33H,5-7,15-16H2,1-4H3. The third kappa shape index (κ3) is 4.90. The zero-order valence-corrected chi connectivity index (χ0v) is 22.2. The van der Waals surface area contributed by atoms with Crippen molar-refractivity contribution in [3.05, 3.63) is 60.2 Å². The fourth-order valence-corrected chi connectivity index (χ4v) is 5.04. The van der Waals surface area contributed by atoms with Crippen molar-refractivity contribution in [1.82, 2.24) is 0 Å². The highest BCUT2D eigenvalue weighted by atomic mass is 16.5. The summed E-state index contributed by atoms with van der Waals surface area (Å²) in [5.41, 5.74) is 3.21. The highest BCUT2D eigenvalue weighted by Gasteiger charge is 2.27. The van der Waals surface area contributed by atoms with E-state index < -0.39 is 5.60 Å². The van der Waals surface area contributed by atoms with E-state index >= 15 is 0 Å². The predicted octanol–water partition coefficient (Wildman–Crippen LogP) is 6.85. The van der Waals surface area contributed by atoms with Crippen LogP contribution in [0, 0.1) is 11.8 Å². The largest absolute Gasteiger partial charge is 0.497 e. The highest BCUT2D eigenvalue weighted by Crippen LogP contribution is 2.43. The second-order valence-corrected chi connectivity index (χ2v) is 9.50. The second-order valence-electron chi connectivity index (χ2n) is 9.50. The van der Waals surface area contributed by atoms with Gasteiger partial charge in [-0.3, -0.25) is 0 Å². The summed E-state index contributed by atoms with van der Waals surface area (Å²) < 4.78 is 28.3. The first-order chi connectivity index (χ1) is 18.5. The van der Waals surface area contributed by atoms with Crippen molar-refractivity contribution in [2.45, 2.75) is 37.7 Å². The van der Waals surface area contributed by atoms with Crippen LogP contribution in [0.4, 0.5) is 0 Å². The van der Waals surface area contributed by atoms with Crippen LogP contribution in [0.25, 0.3) is 33.4 Å². The number of ether oxygens (including phenoxy) is 4. The van der Waals surface area contributed by atoms with Crippen molar-refractivity contribution in [3.63, 3.8) is 0 Å². The van der Waals surface area contributed by atoms with E-state index in [1.807, 2.05) is 48.5 Å². The molecular formula is C32H32O6. The molecule has 6 nitrogen and oxygen atoms in total. The molecule has 4 aromatic rings. The molecule has 5 rings (SSSR count). The van der Waals surface area contributed by atoms with Crippen molar-refractivity contribution < 1.29 is 28.5 Å². The summed E-state index contributed by atoms with van der Waals surface area (Å²) in [6.45, 7) is 0. The Kier molecular flexibility index (Phi) is 7.22. The number of furan rings is 1. The summed E-state index contributed by atoms with van der Waals surface area (Å²) in [5, 5.41) is 12.0. The van der Waals surface area contributed by atoms with Gasteiger partial charge in [0, 0.05) is 10.9 Å². The topological polar surface area (TPSA) is 70.3 Å². The molecule has 1 aliphatic carbocycles. The van der Waals surface area contributed by atoms with Gasteiger partial charge in [-0.1, -0.05) is 24.3 Å². The molecule has 196 valence electrons. The summed E-state index contributed by atoms with van der Waals surface area (Å²) in [6, 6.07) is 17.5. The Morgan fingerprint density at radius 1 is 0.737 bits per heavy atom. The molecule has 0 aliphatic heterocycles. The molecule has 1 aliphatic rings. The maximum absolute atomic E-state index is 11.1. The van der Waals surface area contributed by atoms with Gasteiger partial charge in [0.15, 0.2) is 17.3 Å². The molecule has 3 aromatic carbocycles. The van der Waals surface area contributed by atoms with Crippen molar-refractivity contribution in [2.75, 3.05) is 28.4 Å².